The first-order valence-electron chi connectivity index (χ1n) is 10.6. The van der Waals surface area contributed by atoms with Crippen LogP contribution in [-0.4, -0.2) is 47.8 Å². The Labute approximate surface area is 162 Å². The highest BCUT2D eigenvalue weighted by atomic mass is 16.2. The predicted octanol–water partition coefficient (Wildman–Crippen LogP) is 3.80. The number of piperidine rings is 1. The molecule has 0 spiro atoms. The lowest BCUT2D eigenvalue weighted by Gasteiger charge is -2.37. The van der Waals surface area contributed by atoms with Gasteiger partial charge in [0.25, 0.3) is 5.91 Å². The number of carbonyl (C=O) groups is 2. The molecule has 1 heterocycles. The van der Waals surface area contributed by atoms with Gasteiger partial charge in [-0.1, -0.05) is 17.2 Å². The van der Waals surface area contributed by atoms with Gasteiger partial charge in [0, 0.05) is 31.7 Å². The molecule has 3 aliphatic rings. The molecule has 4 nitrogen and oxygen atoms in total. The number of benzene rings is 1. The van der Waals surface area contributed by atoms with E-state index in [0.29, 0.717) is 12.6 Å². The predicted molar refractivity (Wildman–Crippen MR) is 107 cm³/mol. The zero-order chi connectivity index (χ0) is 19.1. The number of rotatable bonds is 5. The molecule has 1 aromatic rings. The number of amides is 2. The first-order valence-corrected chi connectivity index (χ1v) is 10.6. The average molecular weight is 369 g/mol. The van der Waals surface area contributed by atoms with Crippen molar-refractivity contribution in [2.24, 2.45) is 17.8 Å². The molecule has 0 bridgehead atoms. The van der Waals surface area contributed by atoms with Gasteiger partial charge >= 0.3 is 0 Å². The Morgan fingerprint density at radius 1 is 1.00 bits per heavy atom. The van der Waals surface area contributed by atoms with Crippen LogP contribution < -0.4 is 0 Å². The Bertz CT molecular complexity index is 704. The summed E-state index contributed by atoms with van der Waals surface area (Å²) in [5.74, 6) is 1.74. The molecule has 0 N–H and O–H groups in total. The van der Waals surface area contributed by atoms with E-state index < -0.39 is 0 Å². The largest absolute Gasteiger partial charge is 0.342 e. The van der Waals surface area contributed by atoms with Crippen molar-refractivity contribution >= 4 is 11.8 Å². The van der Waals surface area contributed by atoms with Crippen molar-refractivity contribution in [2.45, 2.75) is 58.4 Å². The number of hydrogen-bond donors (Lipinski definition) is 0. The Morgan fingerprint density at radius 3 is 2.15 bits per heavy atom. The fourth-order valence-electron chi connectivity index (χ4n) is 4.97. The highest BCUT2D eigenvalue weighted by Gasteiger charge is 2.46. The minimum absolute atomic E-state index is 0.0430. The van der Waals surface area contributed by atoms with E-state index in [2.05, 4.69) is 11.0 Å². The molecule has 0 aromatic heterocycles. The van der Waals surface area contributed by atoms with E-state index in [9.17, 15) is 9.59 Å². The second kappa shape index (κ2) is 7.29. The van der Waals surface area contributed by atoms with Gasteiger partial charge in [0.05, 0.1) is 5.92 Å². The molecule has 4 heteroatoms. The van der Waals surface area contributed by atoms with E-state index >= 15 is 0 Å². The molecule has 146 valence electrons. The molecule has 0 radical (unpaired) electrons. The lowest BCUT2D eigenvalue weighted by atomic mass is 9.94. The molecule has 1 saturated heterocycles. The molecular weight excluding hydrogens is 336 g/mol. The molecule has 1 aromatic carbocycles. The van der Waals surface area contributed by atoms with Gasteiger partial charge in [-0.25, -0.2) is 0 Å². The first kappa shape index (κ1) is 18.5. The summed E-state index contributed by atoms with van der Waals surface area (Å²) in [5, 5.41) is 0. The van der Waals surface area contributed by atoms with Gasteiger partial charge in [-0.05, 0) is 76.3 Å². The topological polar surface area (TPSA) is 40.6 Å². The van der Waals surface area contributed by atoms with Gasteiger partial charge in [0.2, 0.25) is 5.91 Å². The molecule has 2 aliphatic carbocycles. The fraction of sp³-hybridized carbons (Fsp3) is 0.652. The van der Waals surface area contributed by atoms with Gasteiger partial charge < -0.3 is 9.80 Å². The normalized spacial score (nSPS) is 22.8. The van der Waals surface area contributed by atoms with Crippen LogP contribution >= 0.6 is 0 Å². The summed E-state index contributed by atoms with van der Waals surface area (Å²) in [7, 11) is 2.01. The maximum absolute atomic E-state index is 13.2. The van der Waals surface area contributed by atoms with E-state index in [4.69, 9.17) is 0 Å². The van der Waals surface area contributed by atoms with Gasteiger partial charge in [-0.2, -0.15) is 0 Å². The van der Waals surface area contributed by atoms with Crippen molar-refractivity contribution in [3.05, 3.63) is 34.9 Å². The number of carbonyl (C=O) groups excluding carboxylic acids is 2. The number of nitrogens with zero attached hydrogens (tertiary/aromatic N) is 2. The van der Waals surface area contributed by atoms with Gasteiger partial charge in [-0.3, -0.25) is 9.59 Å². The average Bonchev–Trinajstić information content (AvgIpc) is 3.55. The van der Waals surface area contributed by atoms with Crippen LogP contribution in [0.3, 0.4) is 0 Å². The third kappa shape index (κ3) is 4.04. The second-order valence-electron chi connectivity index (χ2n) is 9.08. The van der Waals surface area contributed by atoms with E-state index in [0.717, 1.165) is 47.9 Å². The Kier molecular flexibility index (Phi) is 5.00. The third-order valence-electron chi connectivity index (χ3n) is 6.53. The fourth-order valence-corrected chi connectivity index (χ4v) is 4.97. The van der Waals surface area contributed by atoms with Crippen molar-refractivity contribution in [2.75, 3.05) is 20.1 Å². The highest BCUT2D eigenvalue weighted by molar-refractivity contribution is 5.95. The quantitative estimate of drug-likeness (QED) is 0.793. The minimum atomic E-state index is -0.0430. The standard InChI is InChI=1S/C23H32N2O2/c1-15-11-16(2)13-20(12-15)23(27)25-10-4-5-19(14-25)22(26)24(3)21(17-6-7-17)18-8-9-18/h11-13,17-19,21H,4-10,14H2,1-3H3. The van der Waals surface area contributed by atoms with Crippen LogP contribution in [0.25, 0.3) is 0 Å². The van der Waals surface area contributed by atoms with Crippen LogP contribution in [0.5, 0.6) is 0 Å². The summed E-state index contributed by atoms with van der Waals surface area (Å²) < 4.78 is 0. The van der Waals surface area contributed by atoms with E-state index in [1.54, 1.807) is 0 Å². The van der Waals surface area contributed by atoms with Crippen molar-refractivity contribution < 1.29 is 9.59 Å². The third-order valence-corrected chi connectivity index (χ3v) is 6.53. The molecule has 3 fully saturated rings. The van der Waals surface area contributed by atoms with Crippen molar-refractivity contribution in [1.82, 2.24) is 9.80 Å². The minimum Gasteiger partial charge on any atom is -0.342 e. The van der Waals surface area contributed by atoms with Gasteiger partial charge in [-0.15, -0.1) is 0 Å². The molecule has 2 saturated carbocycles. The van der Waals surface area contributed by atoms with Crippen LogP contribution in [0.2, 0.25) is 0 Å². The number of hydrogen-bond acceptors (Lipinski definition) is 2. The summed E-state index contributed by atoms with van der Waals surface area (Å²) in [6.45, 7) is 5.37. The maximum Gasteiger partial charge on any atom is 0.253 e. The molecule has 1 aliphatic heterocycles. The molecule has 4 rings (SSSR count). The van der Waals surface area contributed by atoms with Gasteiger partial charge in [0.1, 0.15) is 0 Å². The lowest BCUT2D eigenvalue weighted by Crippen LogP contribution is -2.49. The van der Waals surface area contributed by atoms with Crippen LogP contribution in [0, 0.1) is 31.6 Å². The van der Waals surface area contributed by atoms with Crippen LogP contribution in [-0.2, 0) is 4.79 Å². The Hall–Kier alpha value is -1.84. The number of aryl methyl sites for hydroxylation is 2. The van der Waals surface area contributed by atoms with Crippen LogP contribution in [0.15, 0.2) is 18.2 Å². The van der Waals surface area contributed by atoms with Crippen LogP contribution in [0.4, 0.5) is 0 Å². The molecule has 1 atom stereocenters. The number of likely N-dealkylation sites (tertiary alicyclic amines) is 1. The second-order valence-corrected chi connectivity index (χ2v) is 9.08. The Balaban J connectivity index is 1.44. The smallest absolute Gasteiger partial charge is 0.253 e. The summed E-state index contributed by atoms with van der Waals surface area (Å²) in [5.41, 5.74) is 2.97. The van der Waals surface area contributed by atoms with Crippen LogP contribution in [0.1, 0.15) is 60.0 Å². The van der Waals surface area contributed by atoms with E-state index in [1.165, 1.54) is 25.7 Å². The zero-order valence-electron chi connectivity index (χ0n) is 16.9. The van der Waals surface area contributed by atoms with E-state index in [-0.39, 0.29) is 17.7 Å². The summed E-state index contributed by atoms with van der Waals surface area (Å²) >= 11 is 0. The molecular formula is C23H32N2O2. The summed E-state index contributed by atoms with van der Waals surface area (Å²) in [6.07, 6.45) is 6.93. The van der Waals surface area contributed by atoms with Crippen molar-refractivity contribution in [3.8, 4) is 0 Å². The van der Waals surface area contributed by atoms with Gasteiger partial charge in [0.15, 0.2) is 0 Å². The summed E-state index contributed by atoms with van der Waals surface area (Å²) in [4.78, 5) is 30.2. The monoisotopic (exact) mass is 368 g/mol. The van der Waals surface area contributed by atoms with E-state index in [1.807, 2.05) is 37.9 Å². The summed E-state index contributed by atoms with van der Waals surface area (Å²) in [6, 6.07) is 6.46. The molecule has 1 unspecified atom stereocenters. The van der Waals surface area contributed by atoms with Crippen molar-refractivity contribution in [3.63, 3.8) is 0 Å². The SMILES string of the molecule is Cc1cc(C)cc(C(=O)N2CCCC(C(=O)N(C)C(C3CC3)C3CC3)C2)c1. The lowest BCUT2D eigenvalue weighted by molar-refractivity contribution is -0.138. The molecule has 27 heavy (non-hydrogen) atoms. The first-order chi connectivity index (χ1) is 12.9. The highest BCUT2D eigenvalue weighted by Crippen LogP contribution is 2.47. The maximum atomic E-state index is 13.2. The van der Waals surface area contributed by atoms with Crippen molar-refractivity contribution in [1.29, 1.82) is 0 Å². The molecule has 2 amide bonds. The Morgan fingerprint density at radius 2 is 1.59 bits per heavy atom. The zero-order valence-corrected chi connectivity index (χ0v) is 16.9.